The van der Waals surface area contributed by atoms with Crippen molar-refractivity contribution < 1.29 is 18.8 Å². The Morgan fingerprint density at radius 1 is 0.815 bits per heavy atom. The highest BCUT2D eigenvalue weighted by Gasteiger charge is 2.41. The van der Waals surface area contributed by atoms with Gasteiger partial charge in [-0.1, -0.05) is 91.0 Å². The zero-order valence-corrected chi connectivity index (χ0v) is 15.7. The standard InChI is InChI=1S/C22H22FO3P/c23-22(21(24)17-26-16-18-10-4-1-5-11-18)27(25,19-12-6-2-7-13-19)20-14-8-3-9-15-20/h1-15,21-22,24H,16-17H2. The minimum Gasteiger partial charge on any atom is -0.387 e. The fraction of sp³-hybridized carbons (Fsp3) is 0.182. The molecule has 3 aromatic rings. The predicted octanol–water partition coefficient (Wildman–Crippen LogP) is 3.87. The van der Waals surface area contributed by atoms with E-state index in [9.17, 15) is 9.67 Å². The number of aliphatic hydroxyl groups excluding tert-OH is 1. The highest BCUT2D eigenvalue weighted by Crippen LogP contribution is 2.50. The Morgan fingerprint density at radius 3 is 1.74 bits per heavy atom. The van der Waals surface area contributed by atoms with Crippen LogP contribution in [0.15, 0.2) is 91.0 Å². The normalized spacial score (nSPS) is 13.9. The summed E-state index contributed by atoms with van der Waals surface area (Å²) in [6, 6.07) is 26.4. The van der Waals surface area contributed by atoms with Gasteiger partial charge in [0.15, 0.2) is 13.1 Å². The van der Waals surface area contributed by atoms with Gasteiger partial charge in [-0.15, -0.1) is 0 Å². The van der Waals surface area contributed by atoms with Crippen LogP contribution < -0.4 is 10.6 Å². The lowest BCUT2D eigenvalue weighted by Crippen LogP contribution is -2.34. The molecule has 3 rings (SSSR count). The van der Waals surface area contributed by atoms with Gasteiger partial charge in [0.05, 0.1) is 13.2 Å². The molecule has 0 saturated carbocycles. The Labute approximate surface area is 158 Å². The molecule has 0 aliphatic rings. The first-order chi connectivity index (χ1) is 13.1. The van der Waals surface area contributed by atoms with Crippen LogP contribution in [0, 0.1) is 0 Å². The molecule has 0 aliphatic carbocycles. The molecule has 0 bridgehead atoms. The van der Waals surface area contributed by atoms with Crippen LogP contribution in [-0.2, 0) is 15.9 Å². The highest BCUT2D eigenvalue weighted by atomic mass is 31.2. The Morgan fingerprint density at radius 2 is 1.26 bits per heavy atom. The molecule has 0 amide bonds. The summed E-state index contributed by atoms with van der Waals surface area (Å²) in [5.74, 6) is -1.96. The van der Waals surface area contributed by atoms with Gasteiger partial charge in [0.1, 0.15) is 6.10 Å². The number of rotatable bonds is 8. The fourth-order valence-electron chi connectivity index (χ4n) is 2.93. The van der Waals surface area contributed by atoms with Crippen molar-refractivity contribution >= 4 is 17.8 Å². The second kappa shape index (κ2) is 9.09. The molecule has 0 aliphatic heterocycles. The van der Waals surface area contributed by atoms with Crippen molar-refractivity contribution in [1.29, 1.82) is 0 Å². The summed E-state index contributed by atoms with van der Waals surface area (Å²) in [4.78, 5) is 0. The van der Waals surface area contributed by atoms with Gasteiger partial charge in [-0.3, -0.25) is 0 Å². The summed E-state index contributed by atoms with van der Waals surface area (Å²) in [5, 5.41) is 11.1. The molecule has 1 N–H and O–H groups in total. The average molecular weight is 384 g/mol. The van der Waals surface area contributed by atoms with Crippen molar-refractivity contribution in [3.8, 4) is 0 Å². The molecule has 0 heterocycles. The first-order valence-electron chi connectivity index (χ1n) is 8.77. The molecule has 0 fully saturated rings. The third-order valence-corrected chi connectivity index (χ3v) is 7.51. The second-order valence-corrected chi connectivity index (χ2v) is 9.11. The molecule has 2 unspecified atom stereocenters. The second-order valence-electron chi connectivity index (χ2n) is 6.27. The molecule has 0 spiro atoms. The Kier molecular flexibility index (Phi) is 6.57. The van der Waals surface area contributed by atoms with E-state index >= 15 is 4.39 Å². The van der Waals surface area contributed by atoms with Crippen molar-refractivity contribution in [3.05, 3.63) is 96.6 Å². The lowest BCUT2D eigenvalue weighted by atomic mass is 10.2. The van der Waals surface area contributed by atoms with Crippen molar-refractivity contribution in [2.24, 2.45) is 0 Å². The van der Waals surface area contributed by atoms with Gasteiger partial charge in [-0.05, 0) is 5.56 Å². The number of hydrogen-bond donors (Lipinski definition) is 1. The lowest BCUT2D eigenvalue weighted by molar-refractivity contribution is 0.00686. The molecule has 3 aromatic carbocycles. The van der Waals surface area contributed by atoms with E-state index in [1.54, 1.807) is 60.7 Å². The summed E-state index contributed by atoms with van der Waals surface area (Å²) in [5.41, 5.74) is 0.925. The average Bonchev–Trinajstić information content (AvgIpc) is 2.74. The van der Waals surface area contributed by atoms with Crippen LogP contribution in [0.4, 0.5) is 4.39 Å². The van der Waals surface area contributed by atoms with E-state index in [4.69, 9.17) is 4.74 Å². The molecular weight excluding hydrogens is 362 g/mol. The highest BCUT2D eigenvalue weighted by molar-refractivity contribution is 7.79. The summed E-state index contributed by atoms with van der Waals surface area (Å²) in [7, 11) is -3.68. The van der Waals surface area contributed by atoms with Crippen LogP contribution >= 0.6 is 7.14 Å². The molecule has 27 heavy (non-hydrogen) atoms. The van der Waals surface area contributed by atoms with E-state index in [-0.39, 0.29) is 13.2 Å². The molecule has 3 nitrogen and oxygen atoms in total. The van der Waals surface area contributed by atoms with Crippen LogP contribution in [0.2, 0.25) is 0 Å². The number of hydrogen-bond acceptors (Lipinski definition) is 3. The van der Waals surface area contributed by atoms with Crippen molar-refractivity contribution in [2.45, 2.75) is 18.6 Å². The SMILES string of the molecule is O=P(c1ccccc1)(c1ccccc1)C(F)C(O)COCc1ccccc1. The van der Waals surface area contributed by atoms with Crippen LogP contribution in [-0.4, -0.2) is 23.7 Å². The monoisotopic (exact) mass is 384 g/mol. The number of alkyl halides is 1. The minimum absolute atomic E-state index is 0.236. The maximum Gasteiger partial charge on any atom is 0.188 e. The third-order valence-electron chi connectivity index (χ3n) is 4.34. The van der Waals surface area contributed by atoms with E-state index in [0.717, 1.165) is 5.56 Å². The van der Waals surface area contributed by atoms with Gasteiger partial charge in [-0.2, -0.15) is 0 Å². The molecule has 0 radical (unpaired) electrons. The van der Waals surface area contributed by atoms with Gasteiger partial charge in [0.2, 0.25) is 0 Å². The van der Waals surface area contributed by atoms with E-state index in [1.165, 1.54) is 0 Å². The van der Waals surface area contributed by atoms with Crippen molar-refractivity contribution in [1.82, 2.24) is 0 Å². The number of halogens is 1. The maximum atomic E-state index is 15.3. The van der Waals surface area contributed by atoms with Crippen LogP contribution in [0.1, 0.15) is 5.56 Å². The van der Waals surface area contributed by atoms with Gasteiger partial charge in [-0.25, -0.2) is 4.39 Å². The van der Waals surface area contributed by atoms with E-state index in [1.807, 2.05) is 30.3 Å². The first-order valence-corrected chi connectivity index (χ1v) is 10.5. The largest absolute Gasteiger partial charge is 0.387 e. The van der Waals surface area contributed by atoms with E-state index in [0.29, 0.717) is 10.6 Å². The summed E-state index contributed by atoms with van der Waals surface area (Å²) < 4.78 is 34.6. The zero-order chi connectivity index (χ0) is 19.1. The molecule has 2 atom stereocenters. The molecule has 0 saturated heterocycles. The van der Waals surface area contributed by atoms with Gasteiger partial charge >= 0.3 is 0 Å². The quantitative estimate of drug-likeness (QED) is 0.600. The smallest absolute Gasteiger partial charge is 0.188 e. The zero-order valence-electron chi connectivity index (χ0n) is 14.8. The van der Waals surface area contributed by atoms with Crippen LogP contribution in [0.5, 0.6) is 0 Å². The van der Waals surface area contributed by atoms with E-state index < -0.39 is 19.2 Å². The summed E-state index contributed by atoms with van der Waals surface area (Å²) in [6.45, 7) is 0.0192. The number of benzene rings is 3. The van der Waals surface area contributed by atoms with Gasteiger partial charge < -0.3 is 14.4 Å². The van der Waals surface area contributed by atoms with Crippen molar-refractivity contribution in [2.75, 3.05) is 6.61 Å². The van der Waals surface area contributed by atoms with Crippen LogP contribution in [0.3, 0.4) is 0 Å². The summed E-state index contributed by atoms with van der Waals surface area (Å²) >= 11 is 0. The van der Waals surface area contributed by atoms with Gasteiger partial charge in [0, 0.05) is 10.6 Å². The van der Waals surface area contributed by atoms with E-state index in [2.05, 4.69) is 0 Å². The Balaban J connectivity index is 1.79. The minimum atomic E-state index is -3.68. The molecule has 0 aromatic heterocycles. The predicted molar refractivity (Wildman–Crippen MR) is 107 cm³/mol. The van der Waals surface area contributed by atoms with Crippen molar-refractivity contribution in [3.63, 3.8) is 0 Å². The third kappa shape index (κ3) is 4.54. The topological polar surface area (TPSA) is 46.5 Å². The first kappa shape index (κ1) is 19.5. The molecular formula is C22H22FO3P. The fourth-order valence-corrected chi connectivity index (χ4v) is 5.59. The molecule has 5 heteroatoms. The lowest BCUT2D eigenvalue weighted by Gasteiger charge is -2.26. The summed E-state index contributed by atoms with van der Waals surface area (Å²) in [6.07, 6.45) is -1.50. The van der Waals surface area contributed by atoms with Gasteiger partial charge in [0.25, 0.3) is 0 Å². The Bertz CT molecular complexity index is 828. The number of aliphatic hydroxyl groups is 1. The van der Waals surface area contributed by atoms with Crippen LogP contribution in [0.25, 0.3) is 0 Å². The number of ether oxygens (including phenoxy) is 1. The Hall–Kier alpha value is -2.26. The maximum absolute atomic E-state index is 15.3. The molecule has 140 valence electrons.